The zero-order valence-electron chi connectivity index (χ0n) is 19.4. The largest absolute Gasteiger partial charge is 0.616 e. The number of ether oxygens (including phenoxy) is 1. The van der Waals surface area contributed by atoms with Gasteiger partial charge < -0.3 is 19.5 Å². The fourth-order valence-corrected chi connectivity index (χ4v) is 6.22. The highest BCUT2D eigenvalue weighted by atomic mass is 32.2. The van der Waals surface area contributed by atoms with Crippen molar-refractivity contribution < 1.29 is 22.5 Å². The van der Waals surface area contributed by atoms with E-state index in [1.165, 1.54) is 6.20 Å². The Morgan fingerprint density at radius 1 is 1.00 bits per heavy atom. The molecule has 0 aliphatic carbocycles. The van der Waals surface area contributed by atoms with Gasteiger partial charge in [-0.25, -0.2) is 15.0 Å². The summed E-state index contributed by atoms with van der Waals surface area (Å²) < 4.78 is 53.8. The lowest BCUT2D eigenvalue weighted by Gasteiger charge is -2.44. The smallest absolute Gasteiger partial charge is 0.573 e. The number of pyridine rings is 2. The summed E-state index contributed by atoms with van der Waals surface area (Å²) in [5, 5.41) is 2.99. The standard InChI is InChI=1S/C24H25F3N6O2S/c25-24(26,27)35-18-3-9-29-19(14-18)30-20-15-21(32-22(31-20)17-2-1-8-28-16-17)33-10-4-23(5-11-33)6-12-36(34)13-7-23/h1-3,8-9,14-16H,4-7,10-13H2,(H,29,30,31,32). The van der Waals surface area contributed by atoms with Crippen molar-refractivity contribution in [1.82, 2.24) is 19.9 Å². The van der Waals surface area contributed by atoms with Crippen molar-refractivity contribution in [3.05, 3.63) is 48.9 Å². The maximum absolute atomic E-state index is 12.6. The molecule has 190 valence electrons. The predicted molar refractivity (Wildman–Crippen MR) is 130 cm³/mol. The van der Waals surface area contributed by atoms with Gasteiger partial charge in [-0.1, -0.05) is 11.2 Å². The van der Waals surface area contributed by atoms with Crippen LogP contribution < -0.4 is 15.0 Å². The summed E-state index contributed by atoms with van der Waals surface area (Å²) >= 11 is -0.693. The molecule has 2 fully saturated rings. The molecule has 0 bridgehead atoms. The van der Waals surface area contributed by atoms with Crippen LogP contribution in [0, 0.1) is 5.41 Å². The van der Waals surface area contributed by atoms with Gasteiger partial charge in [0.15, 0.2) is 5.82 Å². The number of nitrogens with one attached hydrogen (secondary N) is 1. The van der Waals surface area contributed by atoms with Gasteiger partial charge in [-0.15, -0.1) is 13.2 Å². The Bertz CT molecular complexity index is 1180. The summed E-state index contributed by atoms with van der Waals surface area (Å²) in [4.78, 5) is 19.8. The number of alkyl halides is 3. The predicted octanol–water partition coefficient (Wildman–Crippen LogP) is 4.70. The van der Waals surface area contributed by atoms with Crippen molar-refractivity contribution in [2.45, 2.75) is 32.0 Å². The van der Waals surface area contributed by atoms with Gasteiger partial charge in [-0.2, -0.15) is 0 Å². The first-order valence-corrected chi connectivity index (χ1v) is 13.1. The van der Waals surface area contributed by atoms with Crippen LogP contribution in [0.5, 0.6) is 5.75 Å². The quantitative estimate of drug-likeness (QED) is 0.485. The Morgan fingerprint density at radius 3 is 2.47 bits per heavy atom. The third-order valence-corrected chi connectivity index (χ3v) is 8.04. The summed E-state index contributed by atoms with van der Waals surface area (Å²) in [5.74, 6) is 2.88. The summed E-state index contributed by atoms with van der Waals surface area (Å²) in [6, 6.07) is 7.70. The van der Waals surface area contributed by atoms with Crippen LogP contribution in [0.4, 0.5) is 30.6 Å². The lowest BCUT2D eigenvalue weighted by Crippen LogP contribution is -2.44. The van der Waals surface area contributed by atoms with Gasteiger partial charge in [0.1, 0.15) is 34.7 Å². The zero-order chi connectivity index (χ0) is 25.2. The summed E-state index contributed by atoms with van der Waals surface area (Å²) in [6.07, 6.45) is 3.73. The fourth-order valence-electron chi connectivity index (χ4n) is 4.69. The molecular weight excluding hydrogens is 493 g/mol. The molecule has 12 heteroatoms. The molecule has 2 saturated heterocycles. The van der Waals surface area contributed by atoms with E-state index in [4.69, 9.17) is 4.98 Å². The fraction of sp³-hybridized carbons (Fsp3) is 0.417. The summed E-state index contributed by atoms with van der Waals surface area (Å²) in [5.41, 5.74) is 0.959. The molecule has 8 nitrogen and oxygen atoms in total. The van der Waals surface area contributed by atoms with E-state index in [2.05, 4.69) is 29.9 Å². The van der Waals surface area contributed by atoms with Crippen LogP contribution in [0.15, 0.2) is 48.9 Å². The second-order valence-electron chi connectivity index (χ2n) is 9.06. The van der Waals surface area contributed by atoms with Crippen molar-refractivity contribution in [3.63, 3.8) is 0 Å². The third kappa shape index (κ3) is 5.98. The van der Waals surface area contributed by atoms with E-state index < -0.39 is 17.5 Å². The monoisotopic (exact) mass is 518 g/mol. The average Bonchev–Trinajstić information content (AvgIpc) is 2.86. The molecule has 0 aromatic carbocycles. The lowest BCUT2D eigenvalue weighted by atomic mass is 9.74. The minimum absolute atomic E-state index is 0.159. The SMILES string of the molecule is [O-][S+]1CCC2(CCN(c3cc(Nc4cc(OC(F)(F)F)ccn4)nc(-c4cccnc4)n3)CC2)CC1. The molecule has 3 aromatic heterocycles. The first kappa shape index (κ1) is 24.6. The number of nitrogens with zero attached hydrogens (tertiary/aromatic N) is 5. The molecule has 1 N–H and O–H groups in total. The van der Waals surface area contributed by atoms with Gasteiger partial charge >= 0.3 is 6.36 Å². The van der Waals surface area contributed by atoms with Gasteiger partial charge in [0.25, 0.3) is 0 Å². The molecule has 3 aromatic rings. The van der Waals surface area contributed by atoms with Crippen LogP contribution in [-0.4, -0.2) is 55.4 Å². The van der Waals surface area contributed by atoms with E-state index in [1.54, 1.807) is 24.5 Å². The normalized spacial score (nSPS) is 18.3. The molecule has 2 aliphatic heterocycles. The molecule has 5 heterocycles. The third-order valence-electron chi connectivity index (χ3n) is 6.72. The number of hydrogen-bond acceptors (Lipinski definition) is 8. The first-order chi connectivity index (χ1) is 17.3. The van der Waals surface area contributed by atoms with E-state index in [0.717, 1.165) is 62.4 Å². The number of piperidine rings is 1. The molecule has 0 saturated carbocycles. The molecule has 2 aliphatic rings. The van der Waals surface area contributed by atoms with Crippen LogP contribution in [-0.2, 0) is 11.2 Å². The van der Waals surface area contributed by atoms with E-state index in [-0.39, 0.29) is 17.0 Å². The molecule has 0 unspecified atom stereocenters. The van der Waals surface area contributed by atoms with E-state index in [9.17, 15) is 17.7 Å². The van der Waals surface area contributed by atoms with Crippen LogP contribution in [0.25, 0.3) is 11.4 Å². The highest BCUT2D eigenvalue weighted by Crippen LogP contribution is 2.43. The Labute approximate surface area is 209 Å². The Hall–Kier alpha value is -3.12. The van der Waals surface area contributed by atoms with Crippen molar-refractivity contribution in [3.8, 4) is 17.1 Å². The van der Waals surface area contributed by atoms with Crippen LogP contribution in [0.1, 0.15) is 25.7 Å². The van der Waals surface area contributed by atoms with Crippen molar-refractivity contribution >= 4 is 28.6 Å². The molecular formula is C24H25F3N6O2S. The van der Waals surface area contributed by atoms with E-state index in [1.807, 2.05) is 6.07 Å². The van der Waals surface area contributed by atoms with Crippen LogP contribution in [0.3, 0.4) is 0 Å². The van der Waals surface area contributed by atoms with Crippen molar-refractivity contribution in [1.29, 1.82) is 0 Å². The minimum atomic E-state index is -4.80. The number of anilines is 3. The topological polar surface area (TPSA) is 99.1 Å². The average molecular weight is 519 g/mol. The number of aromatic nitrogens is 4. The highest BCUT2D eigenvalue weighted by Gasteiger charge is 2.39. The molecule has 1 spiro atoms. The number of rotatable bonds is 5. The second-order valence-corrected chi connectivity index (χ2v) is 10.8. The maximum atomic E-state index is 12.6. The van der Waals surface area contributed by atoms with Crippen LogP contribution >= 0.6 is 0 Å². The maximum Gasteiger partial charge on any atom is 0.573 e. The summed E-state index contributed by atoms with van der Waals surface area (Å²) in [7, 11) is 0. The Kier molecular flexibility index (Phi) is 6.89. The number of halogens is 3. The van der Waals surface area contributed by atoms with E-state index in [0.29, 0.717) is 23.0 Å². The van der Waals surface area contributed by atoms with Gasteiger partial charge in [0.05, 0.1) is 0 Å². The van der Waals surface area contributed by atoms with Crippen molar-refractivity contribution in [2.24, 2.45) is 5.41 Å². The molecule has 0 atom stereocenters. The molecule has 0 radical (unpaired) electrons. The second kappa shape index (κ2) is 10.1. The van der Waals surface area contributed by atoms with Crippen LogP contribution in [0.2, 0.25) is 0 Å². The molecule has 5 rings (SSSR count). The first-order valence-electron chi connectivity index (χ1n) is 11.7. The minimum Gasteiger partial charge on any atom is -0.616 e. The lowest BCUT2D eigenvalue weighted by molar-refractivity contribution is -0.274. The highest BCUT2D eigenvalue weighted by molar-refractivity contribution is 7.91. The van der Waals surface area contributed by atoms with Gasteiger partial charge in [-0.05, 0) is 49.3 Å². The zero-order valence-corrected chi connectivity index (χ0v) is 20.2. The number of hydrogen-bond donors (Lipinski definition) is 1. The van der Waals surface area contributed by atoms with E-state index >= 15 is 0 Å². The molecule has 0 amide bonds. The molecule has 36 heavy (non-hydrogen) atoms. The van der Waals surface area contributed by atoms with Gasteiger partial charge in [0, 0.05) is 49.4 Å². The van der Waals surface area contributed by atoms with Gasteiger partial charge in [0.2, 0.25) is 0 Å². The van der Waals surface area contributed by atoms with Crippen molar-refractivity contribution in [2.75, 3.05) is 34.8 Å². The Morgan fingerprint density at radius 2 is 1.78 bits per heavy atom. The summed E-state index contributed by atoms with van der Waals surface area (Å²) in [6.45, 7) is 1.62. The van der Waals surface area contributed by atoms with Gasteiger partial charge in [-0.3, -0.25) is 4.98 Å². The Balaban J connectivity index is 1.40.